The highest BCUT2D eigenvalue weighted by Gasteiger charge is 2.47. The van der Waals surface area contributed by atoms with Crippen LogP contribution >= 0.6 is 0 Å². The number of aliphatic hydroxyl groups excluding tert-OH is 3. The zero-order valence-electron chi connectivity index (χ0n) is 22.6. The van der Waals surface area contributed by atoms with E-state index in [1.54, 1.807) is 0 Å². The van der Waals surface area contributed by atoms with E-state index in [0.29, 0.717) is 12.8 Å². The van der Waals surface area contributed by atoms with Crippen LogP contribution in [0.25, 0.3) is 0 Å². The molecule has 0 unspecified atom stereocenters. The standard InChI is InChI=1S/C25H38N6O10/c26-4-3-20(35)29-10-14(33)7-18(29)24(39)30-11-13(32)6-17(30)22(37)27-9-21(36)28-5-1-2-16(28)23(38)31-12-15(34)8-19(31)25(40)41/h13-19,32-34H,1-12,26H2,(H,27,37)(H,40,41)/t13-,14-,15-,16+,17+,18+,19+/m1/s1. The number of carbonyl (C=O) groups excluding carboxylic acids is 5. The number of nitrogens with one attached hydrogen (secondary N) is 1. The Kier molecular flexibility index (Phi) is 9.46. The van der Waals surface area contributed by atoms with E-state index < -0.39 is 84.5 Å². The summed E-state index contributed by atoms with van der Waals surface area (Å²) >= 11 is 0. The second-order valence-corrected chi connectivity index (χ2v) is 11.1. The number of nitrogens with zero attached hydrogens (tertiary/aromatic N) is 4. The van der Waals surface area contributed by atoms with Crippen molar-refractivity contribution in [1.29, 1.82) is 0 Å². The van der Waals surface area contributed by atoms with Crippen LogP contribution in [0.2, 0.25) is 0 Å². The smallest absolute Gasteiger partial charge is 0.326 e. The quantitative estimate of drug-likeness (QED) is 0.159. The van der Waals surface area contributed by atoms with Crippen LogP contribution in [0.4, 0.5) is 0 Å². The number of nitrogens with two attached hydrogens (primary N) is 1. The second kappa shape index (κ2) is 12.7. The Balaban J connectivity index is 1.37. The van der Waals surface area contributed by atoms with E-state index in [4.69, 9.17) is 5.73 Å². The lowest BCUT2D eigenvalue weighted by atomic mass is 10.1. The molecule has 4 saturated heterocycles. The highest BCUT2D eigenvalue weighted by Crippen LogP contribution is 2.27. The van der Waals surface area contributed by atoms with Crippen molar-refractivity contribution in [3.8, 4) is 0 Å². The average molecular weight is 583 g/mol. The van der Waals surface area contributed by atoms with Crippen molar-refractivity contribution in [3.63, 3.8) is 0 Å². The molecule has 4 aliphatic rings. The first kappa shape index (κ1) is 30.6. The molecule has 0 aliphatic carbocycles. The molecule has 228 valence electrons. The van der Waals surface area contributed by atoms with Crippen LogP contribution in [-0.4, -0.2) is 157 Å². The number of aliphatic hydroxyl groups is 3. The van der Waals surface area contributed by atoms with E-state index in [1.165, 1.54) is 9.80 Å². The second-order valence-electron chi connectivity index (χ2n) is 11.1. The van der Waals surface area contributed by atoms with Crippen LogP contribution in [0.5, 0.6) is 0 Å². The number of β-amino-alcohol motifs (C(OH)–C–C–N with tert-alkyl or cyclic N) is 3. The van der Waals surface area contributed by atoms with Crippen molar-refractivity contribution < 1.29 is 49.2 Å². The fourth-order valence-corrected chi connectivity index (χ4v) is 6.27. The molecule has 0 bridgehead atoms. The van der Waals surface area contributed by atoms with E-state index in [-0.39, 0.29) is 58.4 Å². The number of hydrogen-bond acceptors (Lipinski definition) is 10. The Morgan fingerprint density at radius 1 is 0.707 bits per heavy atom. The summed E-state index contributed by atoms with van der Waals surface area (Å²) in [4.78, 5) is 81.4. The van der Waals surface area contributed by atoms with Gasteiger partial charge in [0.05, 0.1) is 24.9 Å². The fraction of sp³-hybridized carbons (Fsp3) is 0.760. The molecule has 4 rings (SSSR count). The molecule has 16 heteroatoms. The number of hydrogen-bond donors (Lipinski definition) is 6. The van der Waals surface area contributed by atoms with E-state index >= 15 is 0 Å². The minimum absolute atomic E-state index is 0.0134. The number of rotatable bonds is 8. The highest BCUT2D eigenvalue weighted by molar-refractivity contribution is 5.96. The summed E-state index contributed by atoms with van der Waals surface area (Å²) in [5.41, 5.74) is 5.46. The van der Waals surface area contributed by atoms with Crippen LogP contribution < -0.4 is 11.1 Å². The molecule has 0 aromatic carbocycles. The number of amides is 5. The van der Waals surface area contributed by atoms with Crippen LogP contribution in [0, 0.1) is 0 Å². The molecule has 0 spiro atoms. The highest BCUT2D eigenvalue weighted by atomic mass is 16.4. The summed E-state index contributed by atoms with van der Waals surface area (Å²) in [5, 5.41) is 42.2. The van der Waals surface area contributed by atoms with Crippen LogP contribution in [0.3, 0.4) is 0 Å². The van der Waals surface area contributed by atoms with Gasteiger partial charge in [-0.15, -0.1) is 0 Å². The van der Waals surface area contributed by atoms with Gasteiger partial charge in [0.1, 0.15) is 24.2 Å². The summed E-state index contributed by atoms with van der Waals surface area (Å²) in [6, 6.07) is -4.24. The van der Waals surface area contributed by atoms with Crippen LogP contribution in [0.1, 0.15) is 38.5 Å². The number of carboxylic acids is 1. The number of aliphatic carboxylic acids is 1. The third kappa shape index (κ3) is 6.45. The first-order valence-electron chi connectivity index (χ1n) is 13.9. The lowest BCUT2D eigenvalue weighted by Gasteiger charge is -2.31. The lowest BCUT2D eigenvalue weighted by Crippen LogP contribution is -2.55. The van der Waals surface area contributed by atoms with Gasteiger partial charge >= 0.3 is 5.97 Å². The van der Waals surface area contributed by atoms with Crippen molar-refractivity contribution in [3.05, 3.63) is 0 Å². The summed E-state index contributed by atoms with van der Waals surface area (Å²) in [6.07, 6.45) is -2.33. The predicted octanol–water partition coefficient (Wildman–Crippen LogP) is -4.59. The SMILES string of the molecule is NCCC(=O)N1C[C@H](O)C[C@H]1C(=O)N1C[C@H](O)C[C@H]1C(=O)NCC(=O)N1CCC[C@H]1C(=O)N1C[C@H](O)C[C@H]1C(=O)O. The minimum atomic E-state index is -1.24. The van der Waals surface area contributed by atoms with E-state index in [2.05, 4.69) is 5.32 Å². The predicted molar refractivity (Wildman–Crippen MR) is 137 cm³/mol. The Morgan fingerprint density at radius 3 is 1.85 bits per heavy atom. The largest absolute Gasteiger partial charge is 0.480 e. The van der Waals surface area contributed by atoms with E-state index in [1.807, 2.05) is 0 Å². The Labute approximate surface area is 236 Å². The molecule has 7 atom stereocenters. The van der Waals surface area contributed by atoms with E-state index in [0.717, 1.165) is 9.80 Å². The molecule has 0 radical (unpaired) electrons. The summed E-state index contributed by atoms with van der Waals surface area (Å²) in [7, 11) is 0. The molecule has 4 heterocycles. The fourth-order valence-electron chi connectivity index (χ4n) is 6.27. The summed E-state index contributed by atoms with van der Waals surface area (Å²) < 4.78 is 0. The zero-order valence-corrected chi connectivity index (χ0v) is 22.6. The molecule has 0 saturated carbocycles. The third-order valence-electron chi connectivity index (χ3n) is 8.23. The molecule has 0 aromatic heterocycles. The number of likely N-dealkylation sites (tertiary alicyclic amines) is 4. The van der Waals surface area contributed by atoms with Gasteiger partial charge < -0.3 is 51.1 Å². The van der Waals surface area contributed by atoms with Crippen molar-refractivity contribution in [2.45, 2.75) is 81.0 Å². The van der Waals surface area contributed by atoms with Crippen molar-refractivity contribution >= 4 is 35.5 Å². The van der Waals surface area contributed by atoms with Gasteiger partial charge in [-0.2, -0.15) is 0 Å². The molecule has 16 nitrogen and oxygen atoms in total. The Bertz CT molecular complexity index is 1070. The first-order valence-corrected chi connectivity index (χ1v) is 13.9. The molecule has 4 aliphatic heterocycles. The van der Waals surface area contributed by atoms with Gasteiger partial charge in [-0.1, -0.05) is 0 Å². The Hall–Kier alpha value is -3.34. The van der Waals surface area contributed by atoms with Crippen molar-refractivity contribution in [1.82, 2.24) is 24.9 Å². The van der Waals surface area contributed by atoms with Gasteiger partial charge in [0.15, 0.2) is 0 Å². The lowest BCUT2D eigenvalue weighted by molar-refractivity contribution is -0.151. The molecule has 4 fully saturated rings. The van der Waals surface area contributed by atoms with Gasteiger partial charge in [0, 0.05) is 58.4 Å². The van der Waals surface area contributed by atoms with Gasteiger partial charge in [-0.05, 0) is 12.8 Å². The van der Waals surface area contributed by atoms with Gasteiger partial charge in [-0.3, -0.25) is 24.0 Å². The molecular weight excluding hydrogens is 544 g/mol. The average Bonchev–Trinajstić information content (AvgIpc) is 3.71. The number of carbonyl (C=O) groups is 6. The maximum atomic E-state index is 13.4. The maximum absolute atomic E-state index is 13.4. The topological polar surface area (TPSA) is 234 Å². The van der Waals surface area contributed by atoms with Crippen LogP contribution in [0.15, 0.2) is 0 Å². The van der Waals surface area contributed by atoms with Gasteiger partial charge in [-0.25, -0.2) is 4.79 Å². The van der Waals surface area contributed by atoms with Gasteiger partial charge in [0.25, 0.3) is 0 Å². The molecule has 41 heavy (non-hydrogen) atoms. The van der Waals surface area contributed by atoms with Crippen molar-refractivity contribution in [2.24, 2.45) is 5.73 Å². The molecule has 7 N–H and O–H groups in total. The van der Waals surface area contributed by atoms with Gasteiger partial charge in [0.2, 0.25) is 29.5 Å². The van der Waals surface area contributed by atoms with Crippen molar-refractivity contribution in [2.75, 3.05) is 39.3 Å². The summed E-state index contributed by atoms with van der Waals surface area (Å²) in [6.45, 7) is -0.556. The third-order valence-corrected chi connectivity index (χ3v) is 8.23. The zero-order chi connectivity index (χ0) is 30.0. The monoisotopic (exact) mass is 582 g/mol. The van der Waals surface area contributed by atoms with E-state index in [9.17, 15) is 49.2 Å². The first-order chi connectivity index (χ1) is 19.4. The minimum Gasteiger partial charge on any atom is -0.480 e. The Morgan fingerprint density at radius 2 is 1.24 bits per heavy atom. The number of carboxylic acid groups (broad SMARTS) is 1. The van der Waals surface area contributed by atoms with Crippen LogP contribution in [-0.2, 0) is 28.8 Å². The maximum Gasteiger partial charge on any atom is 0.326 e. The molecule has 0 aromatic rings. The normalized spacial score (nSPS) is 31.6. The molecule has 5 amide bonds. The molecular formula is C25H38N6O10. The summed E-state index contributed by atoms with van der Waals surface area (Å²) in [5.74, 6) is -4.08.